The normalized spacial score (nSPS) is 10.4. The Hall–Kier alpha value is -2.24. The predicted molar refractivity (Wildman–Crippen MR) is 95.2 cm³/mol. The number of ether oxygens (including phenoxy) is 1. The molecule has 2 amide bonds. The van der Waals surface area contributed by atoms with Crippen LogP contribution < -0.4 is 15.1 Å². The predicted octanol–water partition coefficient (Wildman–Crippen LogP) is 4.38. The van der Waals surface area contributed by atoms with E-state index in [0.29, 0.717) is 15.6 Å². The van der Waals surface area contributed by atoms with E-state index in [0.717, 1.165) is 16.9 Å². The van der Waals surface area contributed by atoms with Crippen LogP contribution in [0.5, 0.6) is 5.75 Å². The van der Waals surface area contributed by atoms with Crippen LogP contribution in [-0.2, 0) is 6.61 Å². The second-order valence-corrected chi connectivity index (χ2v) is 6.00. The molecule has 0 unspecified atom stereocenters. The molecule has 2 N–H and O–H groups in total. The van der Waals surface area contributed by atoms with Gasteiger partial charge in [-0.2, -0.15) is 5.06 Å². The van der Waals surface area contributed by atoms with E-state index in [1.54, 1.807) is 18.2 Å². The molecule has 0 saturated heterocycles. The molecule has 0 spiro atoms. The van der Waals surface area contributed by atoms with Gasteiger partial charge in [0.05, 0.1) is 5.69 Å². The average Bonchev–Trinajstić information content (AvgIpc) is 2.56. The number of carbonyl (C=O) groups is 1. The third kappa shape index (κ3) is 3.80. The summed E-state index contributed by atoms with van der Waals surface area (Å²) in [5.41, 5.74) is 4.15. The second-order valence-electron chi connectivity index (χ2n) is 5.60. The van der Waals surface area contributed by atoms with Gasteiger partial charge in [0.1, 0.15) is 12.4 Å². The van der Waals surface area contributed by atoms with Crippen LogP contribution in [0.3, 0.4) is 0 Å². The van der Waals surface area contributed by atoms with Crippen LogP contribution in [0.1, 0.15) is 22.3 Å². The lowest BCUT2D eigenvalue weighted by Crippen LogP contribution is -2.36. The molecule has 0 radical (unpaired) electrons. The molecule has 0 fully saturated rings. The van der Waals surface area contributed by atoms with Gasteiger partial charge in [0, 0.05) is 17.6 Å². The minimum Gasteiger partial charge on any atom is -0.488 e. The van der Waals surface area contributed by atoms with Gasteiger partial charge < -0.3 is 10.1 Å². The van der Waals surface area contributed by atoms with E-state index in [2.05, 4.69) is 11.4 Å². The summed E-state index contributed by atoms with van der Waals surface area (Å²) in [5.74, 6) is 0.744. The maximum Gasteiger partial charge on any atom is 0.345 e. The molecule has 0 aromatic heterocycles. The van der Waals surface area contributed by atoms with Crippen LogP contribution in [0.15, 0.2) is 30.3 Å². The van der Waals surface area contributed by atoms with Gasteiger partial charge in [-0.15, -0.1) is 0 Å². The molecule has 24 heavy (non-hydrogen) atoms. The standard InChI is InChI=1S/C18H21ClN2O3/c1-11-8-13(3)17(9-12(11)2)24-10-14-15(19)6-5-7-16(14)21(23)18(22)20-4/h5-9,23H,10H2,1-4H3,(H,20,22). The summed E-state index contributed by atoms with van der Waals surface area (Å²) in [6.45, 7) is 6.17. The van der Waals surface area contributed by atoms with E-state index < -0.39 is 6.03 Å². The SMILES string of the molecule is CNC(=O)N(O)c1cccc(Cl)c1COc1cc(C)c(C)cc1C. The van der Waals surface area contributed by atoms with Gasteiger partial charge in [0.2, 0.25) is 0 Å². The van der Waals surface area contributed by atoms with Crippen molar-refractivity contribution in [2.75, 3.05) is 12.1 Å². The van der Waals surface area contributed by atoms with E-state index >= 15 is 0 Å². The molecule has 6 heteroatoms. The zero-order chi connectivity index (χ0) is 17.9. The third-order valence-corrected chi connectivity index (χ3v) is 4.25. The summed E-state index contributed by atoms with van der Waals surface area (Å²) in [6, 6.07) is 8.33. The molecule has 128 valence electrons. The van der Waals surface area contributed by atoms with E-state index in [4.69, 9.17) is 16.3 Å². The monoisotopic (exact) mass is 348 g/mol. The van der Waals surface area contributed by atoms with Crippen LogP contribution in [0.4, 0.5) is 10.5 Å². The lowest BCUT2D eigenvalue weighted by Gasteiger charge is -2.20. The van der Waals surface area contributed by atoms with Gasteiger partial charge in [-0.1, -0.05) is 23.7 Å². The largest absolute Gasteiger partial charge is 0.488 e. The summed E-state index contributed by atoms with van der Waals surface area (Å²) in [5, 5.41) is 13.3. The average molecular weight is 349 g/mol. The minimum absolute atomic E-state index is 0.131. The number of amides is 2. The number of urea groups is 1. The van der Waals surface area contributed by atoms with Crippen molar-refractivity contribution in [3.63, 3.8) is 0 Å². The molecule has 0 heterocycles. The highest BCUT2D eigenvalue weighted by atomic mass is 35.5. The van der Waals surface area contributed by atoms with Crippen LogP contribution >= 0.6 is 11.6 Å². The number of aryl methyl sites for hydroxylation is 3. The molecule has 0 aliphatic carbocycles. The zero-order valence-corrected chi connectivity index (χ0v) is 14.9. The van der Waals surface area contributed by atoms with E-state index in [1.165, 1.54) is 12.6 Å². The lowest BCUT2D eigenvalue weighted by molar-refractivity contribution is 0.205. The topological polar surface area (TPSA) is 61.8 Å². The number of halogens is 1. The van der Waals surface area contributed by atoms with Crippen LogP contribution in [-0.4, -0.2) is 18.3 Å². The summed E-state index contributed by atoms with van der Waals surface area (Å²) >= 11 is 6.23. The van der Waals surface area contributed by atoms with Gasteiger partial charge >= 0.3 is 6.03 Å². The molecule has 2 aromatic carbocycles. The second kappa shape index (κ2) is 7.55. The summed E-state index contributed by atoms with van der Waals surface area (Å²) < 4.78 is 5.89. The maximum absolute atomic E-state index is 11.7. The molecule has 0 atom stereocenters. The molecule has 0 bridgehead atoms. The molecular weight excluding hydrogens is 328 g/mol. The number of nitrogens with one attached hydrogen (secondary N) is 1. The Bertz CT molecular complexity index is 762. The number of rotatable bonds is 4. The lowest BCUT2D eigenvalue weighted by atomic mass is 10.1. The van der Waals surface area contributed by atoms with Crippen LogP contribution in [0.2, 0.25) is 5.02 Å². The van der Waals surface area contributed by atoms with Crippen LogP contribution in [0.25, 0.3) is 0 Å². The molecule has 0 saturated carbocycles. The highest BCUT2D eigenvalue weighted by molar-refractivity contribution is 6.31. The van der Waals surface area contributed by atoms with Crippen molar-refractivity contribution in [3.05, 3.63) is 57.6 Å². The maximum atomic E-state index is 11.7. The minimum atomic E-state index is -0.652. The molecule has 0 aliphatic rings. The number of anilines is 1. The Morgan fingerprint density at radius 2 is 1.88 bits per heavy atom. The first-order valence-corrected chi connectivity index (χ1v) is 7.91. The highest BCUT2D eigenvalue weighted by Gasteiger charge is 2.18. The van der Waals surface area contributed by atoms with Gasteiger partial charge in [0.15, 0.2) is 0 Å². The fourth-order valence-electron chi connectivity index (χ4n) is 2.34. The van der Waals surface area contributed by atoms with Gasteiger partial charge in [-0.25, -0.2) is 4.79 Å². The fraction of sp³-hybridized carbons (Fsp3) is 0.278. The first-order valence-electron chi connectivity index (χ1n) is 7.54. The van der Waals surface area contributed by atoms with Crippen molar-refractivity contribution < 1.29 is 14.7 Å². The van der Waals surface area contributed by atoms with Crippen molar-refractivity contribution >= 4 is 23.3 Å². The molecule has 2 rings (SSSR count). The van der Waals surface area contributed by atoms with Gasteiger partial charge in [-0.3, -0.25) is 5.21 Å². The fourth-order valence-corrected chi connectivity index (χ4v) is 2.57. The van der Waals surface area contributed by atoms with Crippen molar-refractivity contribution in [2.24, 2.45) is 0 Å². The summed E-state index contributed by atoms with van der Waals surface area (Å²) in [4.78, 5) is 11.7. The highest BCUT2D eigenvalue weighted by Crippen LogP contribution is 2.30. The Morgan fingerprint density at radius 1 is 1.21 bits per heavy atom. The van der Waals surface area contributed by atoms with E-state index in [9.17, 15) is 10.0 Å². The Labute approximate surface area is 146 Å². The first kappa shape index (κ1) is 18.1. The quantitative estimate of drug-likeness (QED) is 0.636. The number of benzene rings is 2. The van der Waals surface area contributed by atoms with Gasteiger partial charge in [0.25, 0.3) is 0 Å². The van der Waals surface area contributed by atoms with Crippen molar-refractivity contribution in [1.29, 1.82) is 0 Å². The number of carbonyl (C=O) groups excluding carboxylic acids is 1. The Kier molecular flexibility index (Phi) is 5.70. The summed E-state index contributed by atoms with van der Waals surface area (Å²) in [7, 11) is 1.44. The number of hydroxylamine groups is 1. The molecule has 0 aliphatic heterocycles. The van der Waals surface area contributed by atoms with Crippen LogP contribution in [0, 0.1) is 20.8 Å². The molecule has 2 aromatic rings. The van der Waals surface area contributed by atoms with Crippen molar-refractivity contribution in [3.8, 4) is 5.75 Å². The number of hydrogen-bond acceptors (Lipinski definition) is 3. The Morgan fingerprint density at radius 3 is 2.54 bits per heavy atom. The van der Waals surface area contributed by atoms with E-state index in [-0.39, 0.29) is 12.3 Å². The number of hydrogen-bond donors (Lipinski definition) is 2. The van der Waals surface area contributed by atoms with E-state index in [1.807, 2.05) is 26.8 Å². The van der Waals surface area contributed by atoms with Crippen molar-refractivity contribution in [1.82, 2.24) is 5.32 Å². The smallest absolute Gasteiger partial charge is 0.345 e. The van der Waals surface area contributed by atoms with Gasteiger partial charge in [-0.05, 0) is 55.7 Å². The zero-order valence-electron chi connectivity index (χ0n) is 14.2. The third-order valence-electron chi connectivity index (χ3n) is 3.89. The first-order chi connectivity index (χ1) is 11.3. The molecule has 5 nitrogen and oxygen atoms in total. The molecular formula is C18H21ClN2O3. The summed E-state index contributed by atoms with van der Waals surface area (Å²) in [6.07, 6.45) is 0. The Balaban J connectivity index is 2.30. The van der Waals surface area contributed by atoms with Crippen molar-refractivity contribution in [2.45, 2.75) is 27.4 Å². The number of nitrogens with zero attached hydrogens (tertiary/aromatic N) is 1.